The van der Waals surface area contributed by atoms with Crippen LogP contribution in [0.25, 0.3) is 11.0 Å². The highest BCUT2D eigenvalue weighted by molar-refractivity contribution is 8.00. The number of aryl methyl sites for hydroxylation is 1. The minimum atomic E-state index is -0.314. The maximum Gasteiger partial charge on any atom is 0.336 e. The Hall–Kier alpha value is -1.86. The predicted molar refractivity (Wildman–Crippen MR) is 105 cm³/mol. The number of benzene rings is 1. The Morgan fingerprint density at radius 2 is 2.08 bits per heavy atom. The van der Waals surface area contributed by atoms with Gasteiger partial charge in [0.05, 0.1) is 0 Å². The van der Waals surface area contributed by atoms with E-state index < -0.39 is 0 Å². The molecule has 0 aliphatic heterocycles. The number of thioether (sulfide) groups is 1. The first-order valence-corrected chi connectivity index (χ1v) is 10.1. The summed E-state index contributed by atoms with van der Waals surface area (Å²) in [6.45, 7) is 9.25. The largest absolute Gasteiger partial charge is 0.423 e. The quantitative estimate of drug-likeness (QED) is 0.493. The van der Waals surface area contributed by atoms with Crippen molar-refractivity contribution in [2.45, 2.75) is 43.7 Å². The van der Waals surface area contributed by atoms with Crippen LogP contribution in [0.2, 0.25) is 0 Å². The summed E-state index contributed by atoms with van der Waals surface area (Å²) in [6, 6.07) is 5.70. The van der Waals surface area contributed by atoms with E-state index >= 15 is 0 Å². The molecule has 0 amide bonds. The van der Waals surface area contributed by atoms with Crippen LogP contribution in [0.1, 0.15) is 43.4 Å². The zero-order valence-corrected chi connectivity index (χ0v) is 16.4. The number of nitrogens with zero attached hydrogens (tertiary/aromatic N) is 2. The molecule has 1 N–H and O–H groups in total. The first kappa shape index (κ1) is 17.9. The first-order valence-electron chi connectivity index (χ1n) is 8.25. The van der Waals surface area contributed by atoms with E-state index in [0.717, 1.165) is 32.5 Å². The second-order valence-electron chi connectivity index (χ2n) is 6.14. The molecule has 1 aromatic carbocycles. The van der Waals surface area contributed by atoms with Crippen LogP contribution >= 0.6 is 23.1 Å². The minimum absolute atomic E-state index is 0.314. The van der Waals surface area contributed by atoms with E-state index in [2.05, 4.69) is 42.4 Å². The van der Waals surface area contributed by atoms with Crippen LogP contribution in [0, 0.1) is 6.92 Å². The third-order valence-corrected chi connectivity index (χ3v) is 5.99. The van der Waals surface area contributed by atoms with Crippen molar-refractivity contribution in [3.63, 3.8) is 0 Å². The van der Waals surface area contributed by atoms with E-state index in [4.69, 9.17) is 4.42 Å². The summed E-state index contributed by atoms with van der Waals surface area (Å²) in [6.07, 6.45) is 0. The lowest BCUT2D eigenvalue weighted by molar-refractivity contribution is 0.559. The average Bonchev–Trinajstić information content (AvgIpc) is 2.99. The van der Waals surface area contributed by atoms with Gasteiger partial charge in [0.25, 0.3) is 0 Å². The summed E-state index contributed by atoms with van der Waals surface area (Å²) in [7, 11) is 0. The van der Waals surface area contributed by atoms with Gasteiger partial charge in [-0.2, -0.15) is 0 Å². The summed E-state index contributed by atoms with van der Waals surface area (Å²) in [5.74, 6) is 1.08. The lowest BCUT2D eigenvalue weighted by Gasteiger charge is -2.12. The maximum atomic E-state index is 11.9. The van der Waals surface area contributed by atoms with Crippen molar-refractivity contribution >= 4 is 39.2 Å². The molecule has 3 aromatic rings. The highest BCUT2D eigenvalue weighted by Crippen LogP contribution is 2.32. The molecule has 0 aliphatic carbocycles. The number of hydrogen-bond acceptors (Lipinski definition) is 7. The SMILES string of the molecule is CCNc1nnc(SCc2cc(=O)oc3cc(C)c(C(C)C)cc23)s1. The van der Waals surface area contributed by atoms with E-state index in [-0.39, 0.29) is 5.63 Å². The molecule has 0 spiro atoms. The molecule has 0 radical (unpaired) electrons. The maximum absolute atomic E-state index is 11.9. The monoisotopic (exact) mass is 375 g/mol. The molecule has 0 aliphatic rings. The van der Waals surface area contributed by atoms with Crippen molar-refractivity contribution in [1.29, 1.82) is 0 Å². The van der Waals surface area contributed by atoms with E-state index in [1.807, 2.05) is 13.0 Å². The fourth-order valence-corrected chi connectivity index (χ4v) is 4.57. The lowest BCUT2D eigenvalue weighted by atomic mass is 9.95. The number of aromatic nitrogens is 2. The Balaban J connectivity index is 1.93. The first-order chi connectivity index (χ1) is 12.0. The fraction of sp³-hybridized carbons (Fsp3) is 0.389. The van der Waals surface area contributed by atoms with Gasteiger partial charge in [-0.15, -0.1) is 10.2 Å². The number of rotatable bonds is 6. The van der Waals surface area contributed by atoms with Gasteiger partial charge in [0.15, 0.2) is 4.34 Å². The molecule has 7 heteroatoms. The van der Waals surface area contributed by atoms with Gasteiger partial charge in [-0.3, -0.25) is 0 Å². The molecule has 25 heavy (non-hydrogen) atoms. The number of nitrogens with one attached hydrogen (secondary N) is 1. The molecule has 0 bridgehead atoms. The average molecular weight is 376 g/mol. The molecule has 3 rings (SSSR count). The van der Waals surface area contributed by atoms with Crippen LogP contribution in [0.4, 0.5) is 5.13 Å². The van der Waals surface area contributed by atoms with Crippen LogP contribution in [0.15, 0.2) is 31.8 Å². The predicted octanol–water partition coefficient (Wildman–Crippen LogP) is 4.80. The fourth-order valence-electron chi connectivity index (χ4n) is 2.76. The minimum Gasteiger partial charge on any atom is -0.423 e. The van der Waals surface area contributed by atoms with Crippen LogP contribution < -0.4 is 10.9 Å². The standard InChI is InChI=1S/C18H21N3O2S2/c1-5-19-17-20-21-18(25-17)24-9-12-7-16(22)23-15-6-11(4)13(10(2)3)8-14(12)15/h6-8,10H,5,9H2,1-4H3,(H,19,20). The Bertz CT molecular complexity index is 947. The molecular weight excluding hydrogens is 354 g/mol. The summed E-state index contributed by atoms with van der Waals surface area (Å²) in [5, 5.41) is 13.3. The molecule has 0 saturated heterocycles. The summed E-state index contributed by atoms with van der Waals surface area (Å²) >= 11 is 3.11. The van der Waals surface area contributed by atoms with Crippen LogP contribution in [0.5, 0.6) is 0 Å². The third-order valence-electron chi connectivity index (χ3n) is 3.92. The highest BCUT2D eigenvalue weighted by Gasteiger charge is 2.12. The Morgan fingerprint density at radius 3 is 2.80 bits per heavy atom. The molecule has 0 saturated carbocycles. The second-order valence-corrected chi connectivity index (χ2v) is 8.34. The number of anilines is 1. The van der Waals surface area contributed by atoms with Crippen molar-refractivity contribution in [2.75, 3.05) is 11.9 Å². The highest BCUT2D eigenvalue weighted by atomic mass is 32.2. The number of fused-ring (bicyclic) bond motifs is 1. The molecule has 5 nitrogen and oxygen atoms in total. The smallest absolute Gasteiger partial charge is 0.336 e. The van der Waals surface area contributed by atoms with Crippen molar-refractivity contribution < 1.29 is 4.42 Å². The third kappa shape index (κ3) is 4.04. The van der Waals surface area contributed by atoms with Gasteiger partial charge in [0.2, 0.25) is 5.13 Å². The van der Waals surface area contributed by atoms with Gasteiger partial charge in [-0.25, -0.2) is 4.79 Å². The lowest BCUT2D eigenvalue weighted by Crippen LogP contribution is -2.02. The molecule has 0 fully saturated rings. The van der Waals surface area contributed by atoms with Crippen LogP contribution in [-0.4, -0.2) is 16.7 Å². The van der Waals surface area contributed by atoms with E-state index in [1.54, 1.807) is 17.8 Å². The Morgan fingerprint density at radius 1 is 1.28 bits per heavy atom. The molecule has 0 unspecified atom stereocenters. The van der Waals surface area contributed by atoms with Gasteiger partial charge in [-0.05, 0) is 48.6 Å². The molecule has 132 valence electrons. The van der Waals surface area contributed by atoms with Crippen molar-refractivity contribution in [2.24, 2.45) is 0 Å². The van der Waals surface area contributed by atoms with Gasteiger partial charge in [0.1, 0.15) is 5.58 Å². The zero-order valence-electron chi connectivity index (χ0n) is 14.8. The van der Waals surface area contributed by atoms with Crippen LogP contribution in [-0.2, 0) is 5.75 Å². The summed E-state index contributed by atoms with van der Waals surface area (Å²) in [5.41, 5.74) is 3.73. The van der Waals surface area contributed by atoms with E-state index in [0.29, 0.717) is 17.3 Å². The second kappa shape index (κ2) is 7.58. The van der Waals surface area contributed by atoms with Crippen LogP contribution in [0.3, 0.4) is 0 Å². The van der Waals surface area contributed by atoms with E-state index in [1.165, 1.54) is 16.9 Å². The normalized spacial score (nSPS) is 11.4. The van der Waals surface area contributed by atoms with Crippen molar-refractivity contribution in [1.82, 2.24) is 10.2 Å². The summed E-state index contributed by atoms with van der Waals surface area (Å²) in [4.78, 5) is 11.9. The Labute approximate surface area is 154 Å². The molecule has 2 aromatic heterocycles. The number of hydrogen-bond donors (Lipinski definition) is 1. The molecule has 2 heterocycles. The molecular formula is C18H21N3O2S2. The zero-order chi connectivity index (χ0) is 18.0. The molecule has 0 atom stereocenters. The van der Waals surface area contributed by atoms with Gasteiger partial charge < -0.3 is 9.73 Å². The van der Waals surface area contributed by atoms with Gasteiger partial charge in [0, 0.05) is 23.8 Å². The van der Waals surface area contributed by atoms with Crippen molar-refractivity contribution in [3.05, 3.63) is 45.3 Å². The van der Waals surface area contributed by atoms with Gasteiger partial charge in [-0.1, -0.05) is 36.9 Å². The van der Waals surface area contributed by atoms with Crippen molar-refractivity contribution in [3.8, 4) is 0 Å². The van der Waals surface area contributed by atoms with Gasteiger partial charge >= 0.3 is 5.63 Å². The van der Waals surface area contributed by atoms with E-state index in [9.17, 15) is 4.79 Å². The Kier molecular flexibility index (Phi) is 5.44. The summed E-state index contributed by atoms with van der Waals surface area (Å²) < 4.78 is 6.29. The topological polar surface area (TPSA) is 68.0 Å².